The van der Waals surface area contributed by atoms with E-state index in [1.807, 2.05) is 6.92 Å². The molecule has 0 aromatic rings. The lowest BCUT2D eigenvalue weighted by atomic mass is 10.1. The predicted molar refractivity (Wildman–Crippen MR) is 87.5 cm³/mol. The molecule has 0 heterocycles. The summed E-state index contributed by atoms with van der Waals surface area (Å²) in [7, 11) is -1.71. The van der Waals surface area contributed by atoms with Gasteiger partial charge in [0.1, 0.15) is 0 Å². The van der Waals surface area contributed by atoms with Crippen molar-refractivity contribution in [3.05, 3.63) is 0 Å². The van der Waals surface area contributed by atoms with Gasteiger partial charge in [0.05, 0.1) is 6.61 Å². The molecule has 0 aromatic carbocycles. The first-order chi connectivity index (χ1) is 9.14. The molecule has 0 aliphatic heterocycles. The summed E-state index contributed by atoms with van der Waals surface area (Å²) < 4.78 is 11.4. The molecule has 0 rings (SSSR count). The summed E-state index contributed by atoms with van der Waals surface area (Å²) >= 11 is 0. The van der Waals surface area contributed by atoms with Crippen LogP contribution in [0.2, 0.25) is 18.1 Å². The minimum atomic E-state index is -1.71. The van der Waals surface area contributed by atoms with Crippen LogP contribution in [-0.4, -0.2) is 27.0 Å². The second-order valence-electron chi connectivity index (χ2n) is 6.99. The second-order valence-corrected chi connectivity index (χ2v) is 11.7. The number of rotatable bonds is 9. The Labute approximate surface area is 126 Å². The van der Waals surface area contributed by atoms with Crippen LogP contribution in [0.15, 0.2) is 0 Å². The SMILES string of the molecule is CCC[C@@H](CCCC(=O)OCC)O[Si](C)(C)C(C)(C)C. The molecule has 0 saturated carbocycles. The molecule has 0 N–H and O–H groups in total. The number of esters is 1. The van der Waals surface area contributed by atoms with Gasteiger partial charge in [-0.3, -0.25) is 4.79 Å². The first kappa shape index (κ1) is 19.6. The second kappa shape index (κ2) is 8.83. The van der Waals surface area contributed by atoms with Gasteiger partial charge in [-0.15, -0.1) is 0 Å². The highest BCUT2D eigenvalue weighted by Crippen LogP contribution is 2.38. The molecule has 0 aliphatic carbocycles. The van der Waals surface area contributed by atoms with Gasteiger partial charge in [-0.25, -0.2) is 0 Å². The van der Waals surface area contributed by atoms with E-state index in [0.717, 1.165) is 25.7 Å². The van der Waals surface area contributed by atoms with Gasteiger partial charge in [0.15, 0.2) is 8.32 Å². The average molecular weight is 303 g/mol. The van der Waals surface area contributed by atoms with Crippen LogP contribution < -0.4 is 0 Å². The highest BCUT2D eigenvalue weighted by molar-refractivity contribution is 6.74. The molecule has 0 spiro atoms. The number of carbonyl (C=O) groups excluding carboxylic acids is 1. The summed E-state index contributed by atoms with van der Waals surface area (Å²) in [6, 6.07) is 0. The van der Waals surface area contributed by atoms with E-state index in [9.17, 15) is 4.79 Å². The topological polar surface area (TPSA) is 35.5 Å². The fourth-order valence-corrected chi connectivity index (χ4v) is 3.31. The zero-order valence-electron chi connectivity index (χ0n) is 14.5. The molecule has 20 heavy (non-hydrogen) atoms. The molecular weight excluding hydrogens is 268 g/mol. The maximum Gasteiger partial charge on any atom is 0.305 e. The Bertz CT molecular complexity index is 282. The van der Waals surface area contributed by atoms with Crippen molar-refractivity contribution in [2.45, 2.75) is 91.0 Å². The Kier molecular flexibility index (Phi) is 8.67. The molecule has 0 unspecified atom stereocenters. The fraction of sp³-hybridized carbons (Fsp3) is 0.938. The zero-order valence-corrected chi connectivity index (χ0v) is 15.5. The van der Waals surface area contributed by atoms with Crippen molar-refractivity contribution in [3.63, 3.8) is 0 Å². The molecule has 0 bridgehead atoms. The van der Waals surface area contributed by atoms with Gasteiger partial charge in [0, 0.05) is 12.5 Å². The molecular formula is C16H34O3Si. The largest absolute Gasteiger partial charge is 0.466 e. The van der Waals surface area contributed by atoms with E-state index in [0.29, 0.717) is 13.0 Å². The van der Waals surface area contributed by atoms with E-state index >= 15 is 0 Å². The number of carbonyl (C=O) groups is 1. The fourth-order valence-electron chi connectivity index (χ4n) is 1.88. The van der Waals surface area contributed by atoms with Crippen LogP contribution >= 0.6 is 0 Å². The Balaban J connectivity index is 4.33. The average Bonchev–Trinajstić information content (AvgIpc) is 2.27. The van der Waals surface area contributed by atoms with Crippen molar-refractivity contribution in [1.82, 2.24) is 0 Å². The van der Waals surface area contributed by atoms with Crippen LogP contribution in [0.25, 0.3) is 0 Å². The lowest BCUT2D eigenvalue weighted by molar-refractivity contribution is -0.143. The summed E-state index contributed by atoms with van der Waals surface area (Å²) in [5.41, 5.74) is 0. The van der Waals surface area contributed by atoms with Crippen molar-refractivity contribution in [3.8, 4) is 0 Å². The van der Waals surface area contributed by atoms with Gasteiger partial charge < -0.3 is 9.16 Å². The van der Waals surface area contributed by atoms with E-state index in [4.69, 9.17) is 9.16 Å². The van der Waals surface area contributed by atoms with Crippen LogP contribution in [0.1, 0.15) is 66.7 Å². The standard InChI is InChI=1S/C16H34O3Si/c1-8-11-14(12-10-13-15(17)18-9-2)19-20(6,7)16(3,4)5/h14H,8-13H2,1-7H3/t14-/m0/s1. The predicted octanol–water partition coefficient (Wildman–Crippen LogP) is 4.91. The van der Waals surface area contributed by atoms with Crippen molar-refractivity contribution >= 4 is 14.3 Å². The van der Waals surface area contributed by atoms with Crippen LogP contribution in [0.4, 0.5) is 0 Å². The normalized spacial score (nSPS) is 14.2. The lowest BCUT2D eigenvalue weighted by Crippen LogP contribution is -2.44. The van der Waals surface area contributed by atoms with Gasteiger partial charge in [0.2, 0.25) is 0 Å². The Morgan fingerprint density at radius 1 is 1.15 bits per heavy atom. The van der Waals surface area contributed by atoms with E-state index in [1.165, 1.54) is 0 Å². The monoisotopic (exact) mass is 302 g/mol. The van der Waals surface area contributed by atoms with Crippen LogP contribution in [0.3, 0.4) is 0 Å². The number of ether oxygens (including phenoxy) is 1. The molecule has 0 amide bonds. The third kappa shape index (κ3) is 7.43. The van der Waals surface area contributed by atoms with Crippen molar-refractivity contribution < 1.29 is 14.0 Å². The molecule has 0 radical (unpaired) electrons. The lowest BCUT2D eigenvalue weighted by Gasteiger charge is -2.39. The summed E-state index contributed by atoms with van der Waals surface area (Å²) in [6.45, 7) is 15.9. The molecule has 0 saturated heterocycles. The van der Waals surface area contributed by atoms with Gasteiger partial charge in [-0.2, -0.15) is 0 Å². The van der Waals surface area contributed by atoms with E-state index < -0.39 is 8.32 Å². The first-order valence-electron chi connectivity index (χ1n) is 7.97. The van der Waals surface area contributed by atoms with E-state index in [2.05, 4.69) is 40.8 Å². The van der Waals surface area contributed by atoms with Crippen LogP contribution in [0, 0.1) is 0 Å². The smallest absolute Gasteiger partial charge is 0.305 e. The molecule has 1 atom stereocenters. The van der Waals surface area contributed by atoms with Gasteiger partial charge in [-0.1, -0.05) is 34.1 Å². The van der Waals surface area contributed by atoms with Gasteiger partial charge in [0.25, 0.3) is 0 Å². The van der Waals surface area contributed by atoms with Crippen molar-refractivity contribution in [2.75, 3.05) is 6.61 Å². The molecule has 3 nitrogen and oxygen atoms in total. The summed E-state index contributed by atoms with van der Waals surface area (Å²) in [5, 5.41) is 0.236. The van der Waals surface area contributed by atoms with Gasteiger partial charge >= 0.3 is 5.97 Å². The minimum Gasteiger partial charge on any atom is -0.466 e. The quantitative estimate of drug-likeness (QED) is 0.448. The minimum absolute atomic E-state index is 0.0879. The highest BCUT2D eigenvalue weighted by atomic mass is 28.4. The van der Waals surface area contributed by atoms with Crippen LogP contribution in [0.5, 0.6) is 0 Å². The zero-order chi connectivity index (χ0) is 15.8. The highest BCUT2D eigenvalue weighted by Gasteiger charge is 2.38. The summed E-state index contributed by atoms with van der Waals surface area (Å²) in [5.74, 6) is -0.0879. The molecule has 0 fully saturated rings. The maximum atomic E-state index is 11.4. The number of hydrogen-bond acceptors (Lipinski definition) is 3. The summed E-state index contributed by atoms with van der Waals surface area (Å²) in [4.78, 5) is 11.4. The van der Waals surface area contributed by atoms with Crippen molar-refractivity contribution in [2.24, 2.45) is 0 Å². The summed E-state index contributed by atoms with van der Waals surface area (Å²) in [6.07, 6.45) is 4.82. The Hall–Kier alpha value is -0.353. The Morgan fingerprint density at radius 3 is 2.20 bits per heavy atom. The molecule has 0 aromatic heterocycles. The molecule has 120 valence electrons. The van der Waals surface area contributed by atoms with E-state index in [-0.39, 0.29) is 17.1 Å². The van der Waals surface area contributed by atoms with Crippen LogP contribution in [-0.2, 0) is 14.0 Å². The third-order valence-electron chi connectivity index (χ3n) is 4.09. The Morgan fingerprint density at radius 2 is 1.75 bits per heavy atom. The third-order valence-corrected chi connectivity index (χ3v) is 8.63. The molecule has 4 heteroatoms. The van der Waals surface area contributed by atoms with Crippen molar-refractivity contribution in [1.29, 1.82) is 0 Å². The maximum absolute atomic E-state index is 11.4. The van der Waals surface area contributed by atoms with E-state index in [1.54, 1.807) is 0 Å². The number of hydrogen-bond donors (Lipinski definition) is 0. The molecule has 0 aliphatic rings. The first-order valence-corrected chi connectivity index (χ1v) is 10.9. The van der Waals surface area contributed by atoms with Gasteiger partial charge in [-0.05, 0) is 44.3 Å².